The van der Waals surface area contributed by atoms with Gasteiger partial charge in [0.2, 0.25) is 5.89 Å². The van der Waals surface area contributed by atoms with E-state index in [9.17, 15) is 0 Å². The predicted octanol–water partition coefficient (Wildman–Crippen LogP) is 5.45. The molecule has 2 heterocycles. The smallest absolute Gasteiger partial charge is 0.214 e. The second-order valence-corrected chi connectivity index (χ2v) is 6.47. The van der Waals surface area contributed by atoms with Crippen molar-refractivity contribution >= 4 is 28.9 Å². The number of halogens is 2. The second kappa shape index (κ2) is 7.23. The Labute approximate surface area is 160 Å². The first kappa shape index (κ1) is 16.7. The summed E-state index contributed by atoms with van der Waals surface area (Å²) in [5.41, 5.74) is 2.61. The van der Waals surface area contributed by atoms with E-state index in [1.807, 2.05) is 54.7 Å². The fourth-order valence-electron chi connectivity index (χ4n) is 2.60. The van der Waals surface area contributed by atoms with E-state index < -0.39 is 0 Å². The van der Waals surface area contributed by atoms with E-state index in [0.717, 1.165) is 16.9 Å². The van der Waals surface area contributed by atoms with E-state index in [0.29, 0.717) is 28.2 Å². The van der Waals surface area contributed by atoms with Gasteiger partial charge in [0.15, 0.2) is 5.76 Å². The van der Waals surface area contributed by atoms with Gasteiger partial charge in [-0.15, -0.1) is 0 Å². The van der Waals surface area contributed by atoms with Crippen molar-refractivity contribution in [1.82, 2.24) is 14.8 Å². The zero-order valence-corrected chi connectivity index (χ0v) is 15.1. The Morgan fingerprint density at radius 1 is 1.04 bits per heavy atom. The molecule has 0 aliphatic heterocycles. The van der Waals surface area contributed by atoms with E-state index in [1.165, 1.54) is 0 Å². The quantitative estimate of drug-likeness (QED) is 0.497. The molecule has 0 aliphatic rings. The normalized spacial score (nSPS) is 10.8. The van der Waals surface area contributed by atoms with Gasteiger partial charge in [0.1, 0.15) is 0 Å². The molecule has 0 fully saturated rings. The molecule has 0 saturated heterocycles. The molecule has 0 radical (unpaired) electrons. The van der Waals surface area contributed by atoms with Crippen LogP contribution in [0.1, 0.15) is 5.89 Å². The average molecular weight is 385 g/mol. The highest BCUT2D eigenvalue weighted by Gasteiger charge is 2.10. The minimum absolute atomic E-state index is 0.412. The molecule has 0 bridgehead atoms. The monoisotopic (exact) mass is 384 g/mol. The van der Waals surface area contributed by atoms with Gasteiger partial charge in [-0.1, -0.05) is 35.3 Å². The molecule has 0 unspecified atom stereocenters. The first-order valence-electron chi connectivity index (χ1n) is 7.93. The van der Waals surface area contributed by atoms with Crippen molar-refractivity contribution in [3.8, 4) is 17.0 Å². The Bertz CT molecular complexity index is 1030. The lowest BCUT2D eigenvalue weighted by Crippen LogP contribution is -2.05. The molecule has 0 aliphatic carbocycles. The molecule has 0 atom stereocenters. The van der Waals surface area contributed by atoms with Crippen molar-refractivity contribution in [3.63, 3.8) is 0 Å². The molecule has 7 heteroatoms. The minimum Gasteiger partial charge on any atom is -0.439 e. The Balaban J connectivity index is 1.54. The lowest BCUT2D eigenvalue weighted by Gasteiger charge is -2.11. The Morgan fingerprint density at radius 2 is 1.92 bits per heavy atom. The van der Waals surface area contributed by atoms with Crippen molar-refractivity contribution < 1.29 is 4.42 Å². The van der Waals surface area contributed by atoms with Gasteiger partial charge in [-0.05, 0) is 36.4 Å². The SMILES string of the molecule is Clc1cccc(-c2cnc(CNc3cc(Cl)ccc3-n3cccn3)o2)c1. The van der Waals surface area contributed by atoms with E-state index in [-0.39, 0.29) is 0 Å². The van der Waals surface area contributed by atoms with Crippen molar-refractivity contribution in [3.05, 3.63) is 83.1 Å². The Morgan fingerprint density at radius 3 is 2.73 bits per heavy atom. The lowest BCUT2D eigenvalue weighted by molar-refractivity contribution is 0.516. The van der Waals surface area contributed by atoms with Crippen molar-refractivity contribution in [2.24, 2.45) is 0 Å². The maximum Gasteiger partial charge on any atom is 0.214 e. The molecular formula is C19H14Cl2N4O. The Hall–Kier alpha value is -2.76. The van der Waals surface area contributed by atoms with E-state index in [4.69, 9.17) is 27.6 Å². The van der Waals surface area contributed by atoms with Gasteiger partial charge in [-0.25, -0.2) is 9.67 Å². The highest BCUT2D eigenvalue weighted by molar-refractivity contribution is 6.31. The Kier molecular flexibility index (Phi) is 4.65. The van der Waals surface area contributed by atoms with Crippen LogP contribution < -0.4 is 5.32 Å². The highest BCUT2D eigenvalue weighted by Crippen LogP contribution is 2.26. The second-order valence-electron chi connectivity index (χ2n) is 5.59. The molecule has 2 aromatic heterocycles. The number of rotatable bonds is 5. The fraction of sp³-hybridized carbons (Fsp3) is 0.0526. The van der Waals surface area contributed by atoms with E-state index >= 15 is 0 Å². The van der Waals surface area contributed by atoms with Crippen LogP contribution >= 0.6 is 23.2 Å². The van der Waals surface area contributed by atoms with Gasteiger partial charge in [0, 0.05) is 28.0 Å². The number of nitrogens with zero attached hydrogens (tertiary/aromatic N) is 3. The molecule has 0 saturated carbocycles. The summed E-state index contributed by atoms with van der Waals surface area (Å²) in [6.45, 7) is 0.412. The van der Waals surface area contributed by atoms with Crippen LogP contribution in [-0.2, 0) is 6.54 Å². The van der Waals surface area contributed by atoms with Gasteiger partial charge < -0.3 is 9.73 Å². The van der Waals surface area contributed by atoms with Gasteiger partial charge in [0.25, 0.3) is 0 Å². The third-order valence-corrected chi connectivity index (χ3v) is 4.27. The molecule has 0 spiro atoms. The molecule has 4 rings (SSSR count). The number of aromatic nitrogens is 3. The maximum atomic E-state index is 6.14. The van der Waals surface area contributed by atoms with Crippen LogP contribution in [0.4, 0.5) is 5.69 Å². The molecule has 5 nitrogen and oxygen atoms in total. The first-order chi connectivity index (χ1) is 12.7. The van der Waals surface area contributed by atoms with Crippen molar-refractivity contribution in [1.29, 1.82) is 0 Å². The number of hydrogen-bond acceptors (Lipinski definition) is 4. The molecule has 130 valence electrons. The summed E-state index contributed by atoms with van der Waals surface area (Å²) in [6, 6.07) is 14.9. The molecule has 1 N–H and O–H groups in total. The van der Waals surface area contributed by atoms with Crippen LogP contribution in [0.15, 0.2) is 71.5 Å². The van der Waals surface area contributed by atoms with Crippen molar-refractivity contribution in [2.75, 3.05) is 5.32 Å². The predicted molar refractivity (Wildman–Crippen MR) is 103 cm³/mol. The largest absolute Gasteiger partial charge is 0.439 e. The lowest BCUT2D eigenvalue weighted by atomic mass is 10.2. The number of hydrogen-bond donors (Lipinski definition) is 1. The summed E-state index contributed by atoms with van der Waals surface area (Å²) in [4.78, 5) is 4.32. The third-order valence-electron chi connectivity index (χ3n) is 3.80. The highest BCUT2D eigenvalue weighted by atomic mass is 35.5. The number of nitrogens with one attached hydrogen (secondary N) is 1. The van der Waals surface area contributed by atoms with Crippen LogP contribution in [0.2, 0.25) is 10.0 Å². The van der Waals surface area contributed by atoms with Crippen LogP contribution in [0.25, 0.3) is 17.0 Å². The first-order valence-corrected chi connectivity index (χ1v) is 8.69. The van der Waals surface area contributed by atoms with Crippen molar-refractivity contribution in [2.45, 2.75) is 6.54 Å². The van der Waals surface area contributed by atoms with Crippen LogP contribution in [0.5, 0.6) is 0 Å². The number of anilines is 1. The topological polar surface area (TPSA) is 55.9 Å². The summed E-state index contributed by atoms with van der Waals surface area (Å²) in [5, 5.41) is 8.86. The summed E-state index contributed by atoms with van der Waals surface area (Å²) in [6.07, 6.45) is 5.29. The molecule has 0 amide bonds. The molecular weight excluding hydrogens is 371 g/mol. The maximum absolute atomic E-state index is 6.14. The average Bonchev–Trinajstić information content (AvgIpc) is 3.32. The van der Waals surface area contributed by atoms with Gasteiger partial charge in [-0.3, -0.25) is 0 Å². The van der Waals surface area contributed by atoms with E-state index in [1.54, 1.807) is 17.1 Å². The van der Waals surface area contributed by atoms with Gasteiger partial charge in [-0.2, -0.15) is 5.10 Å². The third kappa shape index (κ3) is 3.59. The zero-order chi connectivity index (χ0) is 17.9. The fourth-order valence-corrected chi connectivity index (χ4v) is 2.96. The molecule has 26 heavy (non-hydrogen) atoms. The van der Waals surface area contributed by atoms with E-state index in [2.05, 4.69) is 15.4 Å². The van der Waals surface area contributed by atoms with Gasteiger partial charge in [0.05, 0.1) is 24.1 Å². The standard InChI is InChI=1S/C19H14Cl2N4O/c20-14-4-1-3-13(9-14)18-11-23-19(26-18)12-22-16-10-15(21)5-6-17(16)25-8-2-7-24-25/h1-11,22H,12H2. The molecule has 4 aromatic rings. The van der Waals surface area contributed by atoms with Crippen LogP contribution in [-0.4, -0.2) is 14.8 Å². The zero-order valence-electron chi connectivity index (χ0n) is 13.6. The minimum atomic E-state index is 0.412. The number of benzene rings is 2. The summed E-state index contributed by atoms with van der Waals surface area (Å²) in [5.74, 6) is 1.23. The summed E-state index contributed by atoms with van der Waals surface area (Å²) >= 11 is 12.2. The summed E-state index contributed by atoms with van der Waals surface area (Å²) in [7, 11) is 0. The molecule has 2 aromatic carbocycles. The van der Waals surface area contributed by atoms with Gasteiger partial charge >= 0.3 is 0 Å². The van der Waals surface area contributed by atoms with Crippen LogP contribution in [0.3, 0.4) is 0 Å². The number of oxazole rings is 1. The summed E-state index contributed by atoms with van der Waals surface area (Å²) < 4.78 is 7.59. The van der Waals surface area contributed by atoms with Crippen LogP contribution in [0, 0.1) is 0 Å².